The fourth-order valence-electron chi connectivity index (χ4n) is 3.83. The Hall–Kier alpha value is -2.58. The summed E-state index contributed by atoms with van der Waals surface area (Å²) in [5.41, 5.74) is -0.565. The van der Waals surface area contributed by atoms with Crippen molar-refractivity contribution in [3.05, 3.63) is 18.5 Å². The average Bonchev–Trinajstić information content (AvgIpc) is 3.25. The quantitative estimate of drug-likeness (QED) is 0.771. The number of hydrogen-bond acceptors (Lipinski definition) is 5. The lowest BCUT2D eigenvalue weighted by Crippen LogP contribution is -2.50. The monoisotopic (exact) mass is 378 g/mol. The van der Waals surface area contributed by atoms with E-state index in [0.717, 1.165) is 0 Å². The molecule has 1 aromatic heterocycles. The highest BCUT2D eigenvalue weighted by Gasteiger charge is 2.47. The Morgan fingerprint density at radius 3 is 2.70 bits per heavy atom. The molecule has 2 fully saturated rings. The van der Waals surface area contributed by atoms with Gasteiger partial charge in [-0.3, -0.25) is 14.3 Å². The van der Waals surface area contributed by atoms with Gasteiger partial charge in [0.2, 0.25) is 5.91 Å². The predicted octanol–water partition coefficient (Wildman–Crippen LogP) is 1.51. The molecule has 27 heavy (non-hydrogen) atoms. The molecule has 0 unspecified atom stereocenters. The van der Waals surface area contributed by atoms with Crippen LogP contribution in [0, 0.1) is 0 Å². The molecule has 2 saturated heterocycles. The molecular weight excluding hydrogens is 352 g/mol. The molecule has 0 saturated carbocycles. The molecule has 3 heterocycles. The van der Waals surface area contributed by atoms with Crippen molar-refractivity contribution in [3.8, 4) is 0 Å². The van der Waals surface area contributed by atoms with Crippen molar-refractivity contribution >= 4 is 18.0 Å². The maximum Gasteiger partial charge on any atom is 0.410 e. The van der Waals surface area contributed by atoms with Gasteiger partial charge in [-0.2, -0.15) is 5.10 Å². The van der Waals surface area contributed by atoms with Gasteiger partial charge in [0.05, 0.1) is 6.54 Å². The molecule has 1 N–H and O–H groups in total. The van der Waals surface area contributed by atoms with Gasteiger partial charge in [-0.05, 0) is 18.9 Å². The van der Waals surface area contributed by atoms with E-state index in [0.29, 0.717) is 51.9 Å². The van der Waals surface area contributed by atoms with E-state index in [4.69, 9.17) is 9.84 Å². The van der Waals surface area contributed by atoms with Crippen LogP contribution in [-0.2, 0) is 14.3 Å². The summed E-state index contributed by atoms with van der Waals surface area (Å²) < 4.78 is 7.32. The van der Waals surface area contributed by atoms with Crippen LogP contribution in [0.25, 0.3) is 0 Å². The van der Waals surface area contributed by atoms with Gasteiger partial charge < -0.3 is 19.6 Å². The molecule has 0 aliphatic carbocycles. The third-order valence-electron chi connectivity index (χ3n) is 5.36. The van der Waals surface area contributed by atoms with Crippen LogP contribution in [0.15, 0.2) is 18.5 Å². The van der Waals surface area contributed by atoms with Crippen LogP contribution >= 0.6 is 0 Å². The van der Waals surface area contributed by atoms with Gasteiger partial charge in [0.25, 0.3) is 0 Å². The molecular formula is C18H26N4O5. The van der Waals surface area contributed by atoms with Crippen LogP contribution in [0.1, 0.15) is 45.1 Å². The fraction of sp³-hybridized carbons (Fsp3) is 0.667. The van der Waals surface area contributed by atoms with Crippen molar-refractivity contribution in [3.63, 3.8) is 0 Å². The highest BCUT2D eigenvalue weighted by Crippen LogP contribution is 2.34. The first-order chi connectivity index (χ1) is 12.9. The van der Waals surface area contributed by atoms with Crippen molar-refractivity contribution in [2.24, 2.45) is 0 Å². The third kappa shape index (κ3) is 4.23. The maximum absolute atomic E-state index is 12.9. The number of aliphatic carboxylic acids is 1. The number of amides is 2. The lowest BCUT2D eigenvalue weighted by atomic mass is 9.91. The zero-order valence-corrected chi connectivity index (χ0v) is 15.5. The van der Waals surface area contributed by atoms with Crippen LogP contribution in [0.3, 0.4) is 0 Å². The molecule has 1 spiro atoms. The van der Waals surface area contributed by atoms with Crippen molar-refractivity contribution < 1.29 is 24.2 Å². The number of hydrogen-bond donors (Lipinski definition) is 1. The molecule has 148 valence electrons. The van der Waals surface area contributed by atoms with E-state index in [1.54, 1.807) is 28.0 Å². The topological polar surface area (TPSA) is 105 Å². The van der Waals surface area contributed by atoms with Gasteiger partial charge in [-0.1, -0.05) is 6.92 Å². The number of ether oxygens (including phenoxy) is 1. The van der Waals surface area contributed by atoms with Gasteiger partial charge in [0.15, 0.2) is 0 Å². The Balaban J connectivity index is 1.54. The van der Waals surface area contributed by atoms with Crippen molar-refractivity contribution in [1.29, 1.82) is 0 Å². The number of carboxylic acid groups (broad SMARTS) is 1. The highest BCUT2D eigenvalue weighted by molar-refractivity contribution is 5.80. The second-order valence-corrected chi connectivity index (χ2v) is 7.21. The van der Waals surface area contributed by atoms with Crippen LogP contribution in [0.4, 0.5) is 4.79 Å². The molecule has 0 bridgehead atoms. The average molecular weight is 378 g/mol. The number of aromatic nitrogens is 2. The van der Waals surface area contributed by atoms with Crippen LogP contribution in [0.2, 0.25) is 0 Å². The first kappa shape index (κ1) is 19.2. The van der Waals surface area contributed by atoms with Gasteiger partial charge >= 0.3 is 12.1 Å². The summed E-state index contributed by atoms with van der Waals surface area (Å²) in [6.45, 7) is 3.87. The number of likely N-dealkylation sites (tertiary alicyclic amines) is 1. The molecule has 9 nitrogen and oxygen atoms in total. The zero-order valence-electron chi connectivity index (χ0n) is 15.5. The Morgan fingerprint density at radius 2 is 2.11 bits per heavy atom. The summed E-state index contributed by atoms with van der Waals surface area (Å²) in [5.74, 6) is -0.828. The minimum Gasteiger partial charge on any atom is -0.481 e. The molecule has 2 amide bonds. The summed E-state index contributed by atoms with van der Waals surface area (Å²) >= 11 is 0. The number of rotatable bonds is 7. The van der Waals surface area contributed by atoms with E-state index in [2.05, 4.69) is 5.10 Å². The van der Waals surface area contributed by atoms with Crippen molar-refractivity contribution in [2.45, 2.75) is 50.7 Å². The largest absolute Gasteiger partial charge is 0.481 e. The number of carboxylic acids is 1. The second-order valence-electron chi connectivity index (χ2n) is 7.21. The van der Waals surface area contributed by atoms with E-state index in [9.17, 15) is 14.4 Å². The molecule has 1 aromatic rings. The predicted molar refractivity (Wildman–Crippen MR) is 95.0 cm³/mol. The molecule has 1 atom stereocenters. The first-order valence-electron chi connectivity index (χ1n) is 9.42. The lowest BCUT2D eigenvalue weighted by molar-refractivity contribution is -0.139. The van der Waals surface area contributed by atoms with Gasteiger partial charge in [-0.15, -0.1) is 0 Å². The molecule has 2 aliphatic rings. The SMILES string of the molecule is CC[C@@H](C(=O)N1CCC2(CC1)CN(CCCC(=O)O)C(=O)O2)n1cccn1. The Morgan fingerprint density at radius 1 is 1.37 bits per heavy atom. The smallest absolute Gasteiger partial charge is 0.410 e. The second kappa shape index (κ2) is 7.98. The van der Waals surface area contributed by atoms with E-state index in [-0.39, 0.29) is 24.5 Å². The minimum atomic E-state index is -0.869. The van der Waals surface area contributed by atoms with Crippen molar-refractivity contribution in [1.82, 2.24) is 19.6 Å². The lowest BCUT2D eigenvalue weighted by Gasteiger charge is -2.38. The number of piperidine rings is 1. The van der Waals surface area contributed by atoms with E-state index in [1.165, 1.54) is 0 Å². The highest BCUT2D eigenvalue weighted by atomic mass is 16.6. The van der Waals surface area contributed by atoms with Crippen molar-refractivity contribution in [2.75, 3.05) is 26.2 Å². The summed E-state index contributed by atoms with van der Waals surface area (Å²) in [7, 11) is 0. The first-order valence-corrected chi connectivity index (χ1v) is 9.42. The molecule has 0 radical (unpaired) electrons. The summed E-state index contributed by atoms with van der Waals surface area (Å²) in [6, 6.07) is 1.49. The molecule has 2 aliphatic heterocycles. The fourth-order valence-corrected chi connectivity index (χ4v) is 3.83. The van der Waals surface area contributed by atoms with Crippen LogP contribution in [0.5, 0.6) is 0 Å². The minimum absolute atomic E-state index is 0.0326. The van der Waals surface area contributed by atoms with Gasteiger partial charge in [-0.25, -0.2) is 4.79 Å². The summed E-state index contributed by atoms with van der Waals surface area (Å²) in [5, 5.41) is 12.9. The summed E-state index contributed by atoms with van der Waals surface area (Å²) in [4.78, 5) is 39.0. The van der Waals surface area contributed by atoms with Crippen LogP contribution in [-0.4, -0.2) is 74.4 Å². The number of nitrogens with zero attached hydrogens (tertiary/aromatic N) is 4. The Bertz CT molecular complexity index is 682. The van der Waals surface area contributed by atoms with E-state index in [1.807, 2.05) is 11.8 Å². The molecule has 0 aromatic carbocycles. The van der Waals surface area contributed by atoms with Gasteiger partial charge in [0, 0.05) is 51.3 Å². The molecule has 3 rings (SSSR count). The zero-order chi connectivity index (χ0) is 19.4. The molecule has 9 heteroatoms. The van der Waals surface area contributed by atoms with Crippen LogP contribution < -0.4 is 0 Å². The standard InChI is InChI=1S/C18H26N4O5/c1-2-14(22-10-4-8-19-22)16(25)20-11-6-18(7-12-20)13-21(17(26)27-18)9-3-5-15(23)24/h4,8,10,14H,2-3,5-7,9,11-13H2,1H3,(H,23,24)/t14-/m0/s1. The van der Waals surface area contributed by atoms with E-state index >= 15 is 0 Å². The maximum atomic E-state index is 12.9. The third-order valence-corrected chi connectivity index (χ3v) is 5.36. The van der Waals surface area contributed by atoms with E-state index < -0.39 is 11.6 Å². The summed E-state index contributed by atoms with van der Waals surface area (Å²) in [6.07, 6.45) is 5.36. The normalized spacial score (nSPS) is 20.0. The van der Waals surface area contributed by atoms with Gasteiger partial charge in [0.1, 0.15) is 11.6 Å². The Kier molecular flexibility index (Phi) is 5.67. The number of carbonyl (C=O) groups is 3. The number of carbonyl (C=O) groups excluding carboxylic acids is 2. The Labute approximate surface area is 157 Å².